The molecule has 0 radical (unpaired) electrons. The van der Waals surface area contributed by atoms with Crippen LogP contribution in [0.5, 0.6) is 0 Å². The van der Waals surface area contributed by atoms with E-state index in [-0.39, 0.29) is 18.5 Å². The number of hydrogen-bond donors (Lipinski definition) is 0. The molecule has 164 valence electrons. The van der Waals surface area contributed by atoms with E-state index in [2.05, 4.69) is 64.9 Å². The van der Waals surface area contributed by atoms with Crippen LogP contribution in [0.1, 0.15) is 48.4 Å². The summed E-state index contributed by atoms with van der Waals surface area (Å²) in [5, 5.41) is 12.6. The second-order valence-corrected chi connectivity index (χ2v) is 8.58. The maximum absolute atomic E-state index is 13.3. The summed E-state index contributed by atoms with van der Waals surface area (Å²) in [6.07, 6.45) is 6.69. The molecular weight excluding hydrogens is 400 g/mol. The molecule has 1 atom stereocenters. The second-order valence-electron chi connectivity index (χ2n) is 8.58. The summed E-state index contributed by atoms with van der Waals surface area (Å²) in [5.41, 5.74) is 4.32. The molecule has 2 aliphatic heterocycles. The highest BCUT2D eigenvalue weighted by molar-refractivity contribution is 5.89. The lowest BCUT2D eigenvalue weighted by Gasteiger charge is -2.34. The third-order valence-corrected chi connectivity index (χ3v) is 6.33. The van der Waals surface area contributed by atoms with E-state index in [0.717, 1.165) is 42.8 Å². The lowest BCUT2D eigenvalue weighted by molar-refractivity contribution is -0.129. The van der Waals surface area contributed by atoms with Crippen LogP contribution in [0.4, 0.5) is 5.95 Å². The Morgan fingerprint density at radius 3 is 2.41 bits per heavy atom. The number of rotatable bonds is 4. The number of hydrogen-bond acceptors (Lipinski definition) is 5. The maximum atomic E-state index is 13.3. The molecule has 3 aromatic rings. The van der Waals surface area contributed by atoms with E-state index in [4.69, 9.17) is 0 Å². The van der Waals surface area contributed by atoms with E-state index in [9.17, 15) is 4.79 Å². The number of carbonyl (C=O) groups is 1. The number of tetrazole rings is 1. The average molecular weight is 429 g/mol. The van der Waals surface area contributed by atoms with Crippen LogP contribution < -0.4 is 4.90 Å². The van der Waals surface area contributed by atoms with Crippen molar-refractivity contribution in [2.24, 2.45) is 0 Å². The smallest absolute Gasteiger partial charge is 0.251 e. The number of aryl methyl sites for hydroxylation is 1. The molecule has 0 bridgehead atoms. The molecule has 1 amide bonds. The summed E-state index contributed by atoms with van der Waals surface area (Å²) in [7, 11) is 0. The van der Waals surface area contributed by atoms with E-state index < -0.39 is 0 Å². The summed E-state index contributed by atoms with van der Waals surface area (Å²) >= 11 is 0. The normalized spacial score (nSPS) is 18.7. The Morgan fingerprint density at radius 1 is 0.969 bits per heavy atom. The third-order valence-electron chi connectivity index (χ3n) is 6.33. The Bertz CT molecular complexity index is 1100. The van der Waals surface area contributed by atoms with Gasteiger partial charge in [-0.3, -0.25) is 9.69 Å². The number of likely N-dealkylation sites (tertiary alicyclic amines) is 1. The first-order valence-corrected chi connectivity index (χ1v) is 11.4. The first kappa shape index (κ1) is 20.4. The average Bonchev–Trinajstić information content (AvgIpc) is 3.15. The first-order chi connectivity index (χ1) is 15.7. The van der Waals surface area contributed by atoms with Crippen molar-refractivity contribution in [3.05, 3.63) is 77.4 Å². The van der Waals surface area contributed by atoms with Gasteiger partial charge in [0.15, 0.2) is 0 Å². The van der Waals surface area contributed by atoms with E-state index >= 15 is 0 Å². The van der Waals surface area contributed by atoms with Crippen LogP contribution in [0.2, 0.25) is 0 Å². The minimum absolute atomic E-state index is 0.122. The number of nitrogens with zero attached hydrogens (tertiary/aromatic N) is 6. The fraction of sp³-hybridized carbons (Fsp3) is 0.360. The molecule has 0 unspecified atom stereocenters. The van der Waals surface area contributed by atoms with Gasteiger partial charge in [-0.2, -0.15) is 4.68 Å². The summed E-state index contributed by atoms with van der Waals surface area (Å²) in [4.78, 5) is 17.3. The SMILES string of the molecule is Cc1ccc([C@H]2C=C(c3ccccc3)N(CC(=O)N3CCCCCC3)c3nnnn32)cc1. The molecule has 0 aliphatic carbocycles. The Balaban J connectivity index is 1.54. The number of aromatic nitrogens is 4. The van der Waals surface area contributed by atoms with Crippen LogP contribution in [0, 0.1) is 6.92 Å². The van der Waals surface area contributed by atoms with Crippen LogP contribution in [0.25, 0.3) is 5.70 Å². The second kappa shape index (κ2) is 8.94. The van der Waals surface area contributed by atoms with Crippen molar-refractivity contribution in [2.75, 3.05) is 24.5 Å². The molecule has 0 N–H and O–H groups in total. The van der Waals surface area contributed by atoms with Gasteiger partial charge in [0, 0.05) is 13.1 Å². The zero-order valence-electron chi connectivity index (χ0n) is 18.4. The standard InChI is InChI=1S/C25H28N6O/c1-19-11-13-21(14-12-19)23-17-22(20-9-5-4-6-10-20)30(25-26-27-28-31(23)25)18-24(32)29-15-7-2-3-8-16-29/h4-6,9-14,17,23H,2-3,7-8,15-16,18H2,1H3/t23-/m1/s1. The van der Waals surface area contributed by atoms with Crippen molar-refractivity contribution >= 4 is 17.6 Å². The van der Waals surface area contributed by atoms with Crippen molar-refractivity contribution in [3.63, 3.8) is 0 Å². The highest BCUT2D eigenvalue weighted by Crippen LogP contribution is 2.36. The summed E-state index contributed by atoms with van der Waals surface area (Å²) in [6.45, 7) is 3.96. The van der Waals surface area contributed by atoms with E-state index in [0.29, 0.717) is 5.95 Å². The molecule has 0 spiro atoms. The lowest BCUT2D eigenvalue weighted by atomic mass is 10.00. The molecule has 3 heterocycles. The van der Waals surface area contributed by atoms with Crippen LogP contribution >= 0.6 is 0 Å². The molecule has 2 aliphatic rings. The molecule has 7 heteroatoms. The maximum Gasteiger partial charge on any atom is 0.251 e. The molecule has 1 saturated heterocycles. The number of carbonyl (C=O) groups excluding carboxylic acids is 1. The van der Waals surface area contributed by atoms with Gasteiger partial charge < -0.3 is 4.90 Å². The van der Waals surface area contributed by atoms with Crippen LogP contribution in [0.15, 0.2) is 60.7 Å². The molecule has 32 heavy (non-hydrogen) atoms. The summed E-state index contributed by atoms with van der Waals surface area (Å²) in [6, 6.07) is 18.5. The van der Waals surface area contributed by atoms with Crippen molar-refractivity contribution < 1.29 is 4.79 Å². The molecule has 0 saturated carbocycles. The lowest BCUT2D eigenvalue weighted by Crippen LogP contribution is -2.42. The predicted octanol–water partition coefficient (Wildman–Crippen LogP) is 3.83. The van der Waals surface area contributed by atoms with Crippen molar-refractivity contribution in [2.45, 2.75) is 38.6 Å². The highest BCUT2D eigenvalue weighted by Gasteiger charge is 2.32. The predicted molar refractivity (Wildman–Crippen MR) is 124 cm³/mol. The molecule has 1 aromatic heterocycles. The monoisotopic (exact) mass is 428 g/mol. The number of fused-ring (bicyclic) bond motifs is 1. The minimum atomic E-state index is -0.139. The van der Waals surface area contributed by atoms with Crippen molar-refractivity contribution in [1.29, 1.82) is 0 Å². The van der Waals surface area contributed by atoms with Gasteiger partial charge in [-0.05, 0) is 47.4 Å². The van der Waals surface area contributed by atoms with Crippen LogP contribution in [-0.2, 0) is 4.79 Å². The molecule has 1 fully saturated rings. The first-order valence-electron chi connectivity index (χ1n) is 11.4. The number of benzene rings is 2. The van der Waals surface area contributed by atoms with Gasteiger partial charge in [0.1, 0.15) is 12.6 Å². The largest absolute Gasteiger partial charge is 0.341 e. The topological polar surface area (TPSA) is 67.2 Å². The fourth-order valence-electron chi connectivity index (χ4n) is 4.54. The van der Waals surface area contributed by atoms with E-state index in [1.165, 1.54) is 18.4 Å². The minimum Gasteiger partial charge on any atom is -0.341 e. The summed E-state index contributed by atoms with van der Waals surface area (Å²) < 4.78 is 1.81. The van der Waals surface area contributed by atoms with E-state index in [1.807, 2.05) is 32.7 Å². The zero-order chi connectivity index (χ0) is 21.9. The Labute approximate surface area is 188 Å². The van der Waals surface area contributed by atoms with Crippen molar-refractivity contribution in [3.8, 4) is 0 Å². The quantitative estimate of drug-likeness (QED) is 0.632. The molecule has 5 rings (SSSR count). The Hall–Kier alpha value is -3.48. The van der Waals surface area contributed by atoms with Gasteiger partial charge in [-0.25, -0.2) is 0 Å². The summed E-state index contributed by atoms with van der Waals surface area (Å²) in [5.74, 6) is 0.720. The van der Waals surface area contributed by atoms with Gasteiger partial charge in [-0.1, -0.05) is 78.1 Å². The number of anilines is 1. The van der Waals surface area contributed by atoms with Crippen LogP contribution in [-0.4, -0.2) is 50.6 Å². The third kappa shape index (κ3) is 4.02. The van der Waals surface area contributed by atoms with Gasteiger partial charge in [0.2, 0.25) is 5.91 Å². The van der Waals surface area contributed by atoms with Gasteiger partial charge in [0.05, 0.1) is 5.70 Å². The van der Waals surface area contributed by atoms with Crippen molar-refractivity contribution in [1.82, 2.24) is 25.1 Å². The van der Waals surface area contributed by atoms with Gasteiger partial charge in [-0.15, -0.1) is 0 Å². The Morgan fingerprint density at radius 2 is 1.69 bits per heavy atom. The van der Waals surface area contributed by atoms with E-state index in [1.54, 1.807) is 0 Å². The molecule has 7 nitrogen and oxygen atoms in total. The molecule has 2 aromatic carbocycles. The fourth-order valence-corrected chi connectivity index (χ4v) is 4.54. The number of allylic oxidation sites excluding steroid dienone is 1. The zero-order valence-corrected chi connectivity index (χ0v) is 18.4. The van der Waals surface area contributed by atoms with Gasteiger partial charge in [0.25, 0.3) is 5.95 Å². The molecular formula is C25H28N6O. The number of amides is 1. The van der Waals surface area contributed by atoms with Crippen LogP contribution in [0.3, 0.4) is 0 Å². The highest BCUT2D eigenvalue weighted by atomic mass is 16.2. The van der Waals surface area contributed by atoms with Gasteiger partial charge >= 0.3 is 0 Å². The Kier molecular flexibility index (Phi) is 5.71.